The normalized spacial score (nSPS) is 10.8. The Morgan fingerprint density at radius 1 is 1.35 bits per heavy atom. The molecule has 0 aliphatic heterocycles. The fraction of sp³-hybridized carbons (Fsp3) is 0.125. The first-order valence-electron chi connectivity index (χ1n) is 6.59. The zero-order valence-corrected chi connectivity index (χ0v) is 13.9. The van der Waals surface area contributed by atoms with Crippen molar-refractivity contribution in [3.8, 4) is 11.5 Å². The van der Waals surface area contributed by atoms with Crippen molar-refractivity contribution in [2.45, 2.75) is 6.92 Å². The summed E-state index contributed by atoms with van der Waals surface area (Å²) in [4.78, 5) is 12.0. The van der Waals surface area contributed by atoms with Gasteiger partial charge in [-0.25, -0.2) is 5.43 Å². The van der Waals surface area contributed by atoms with Crippen LogP contribution in [0.2, 0.25) is 10.0 Å². The van der Waals surface area contributed by atoms with Gasteiger partial charge in [-0.2, -0.15) is 5.10 Å². The molecule has 120 valence electrons. The number of nitrogens with one attached hydrogen (secondary N) is 1. The van der Waals surface area contributed by atoms with Crippen molar-refractivity contribution in [1.82, 2.24) is 5.43 Å². The maximum atomic E-state index is 12.0. The number of aryl methyl sites for hydroxylation is 1. The number of ether oxygens (including phenoxy) is 1. The number of nitrogens with zero attached hydrogens (tertiary/aromatic N) is 1. The lowest BCUT2D eigenvalue weighted by atomic mass is 10.1. The summed E-state index contributed by atoms with van der Waals surface area (Å²) in [5.74, 6) is -0.217. The highest BCUT2D eigenvalue weighted by Crippen LogP contribution is 2.31. The van der Waals surface area contributed by atoms with Crippen molar-refractivity contribution < 1.29 is 14.6 Å². The van der Waals surface area contributed by atoms with Gasteiger partial charge in [-0.05, 0) is 30.7 Å². The molecule has 0 fully saturated rings. The highest BCUT2D eigenvalue weighted by molar-refractivity contribution is 6.36. The number of halogens is 2. The van der Waals surface area contributed by atoms with E-state index >= 15 is 0 Å². The number of phenolic OH excluding ortho intramolecular Hbond substituents is 1. The summed E-state index contributed by atoms with van der Waals surface area (Å²) in [7, 11) is 1.47. The molecule has 0 saturated carbocycles. The molecular weight excluding hydrogens is 339 g/mol. The summed E-state index contributed by atoms with van der Waals surface area (Å²) in [6, 6.07) is 8.03. The van der Waals surface area contributed by atoms with Crippen LogP contribution < -0.4 is 10.2 Å². The van der Waals surface area contributed by atoms with Gasteiger partial charge in [0.2, 0.25) is 0 Å². The van der Waals surface area contributed by atoms with Crippen molar-refractivity contribution >= 4 is 35.3 Å². The first-order valence-corrected chi connectivity index (χ1v) is 7.34. The van der Waals surface area contributed by atoms with Crippen molar-refractivity contribution in [2.75, 3.05) is 7.11 Å². The molecule has 0 heterocycles. The number of para-hydroxylation sites is 1. The predicted molar refractivity (Wildman–Crippen MR) is 90.9 cm³/mol. The SMILES string of the molecule is COc1c(Cl)cc(Cl)cc1/C=N/NC(=O)c1cccc(C)c1O. The third-order valence-corrected chi connectivity index (χ3v) is 3.59. The van der Waals surface area contributed by atoms with E-state index in [0.29, 0.717) is 26.9 Å². The Kier molecular flexibility index (Phi) is 5.47. The van der Waals surface area contributed by atoms with Crippen LogP contribution in [0.5, 0.6) is 11.5 Å². The number of carbonyl (C=O) groups excluding carboxylic acids is 1. The van der Waals surface area contributed by atoms with E-state index in [1.807, 2.05) is 0 Å². The molecule has 7 heteroatoms. The average Bonchev–Trinajstić information content (AvgIpc) is 2.49. The Bertz CT molecular complexity index is 776. The van der Waals surface area contributed by atoms with E-state index in [4.69, 9.17) is 27.9 Å². The number of aromatic hydroxyl groups is 1. The third-order valence-electron chi connectivity index (χ3n) is 3.09. The van der Waals surface area contributed by atoms with Gasteiger partial charge in [-0.3, -0.25) is 4.79 Å². The number of carbonyl (C=O) groups is 1. The second-order valence-electron chi connectivity index (χ2n) is 4.68. The lowest BCUT2D eigenvalue weighted by Crippen LogP contribution is -2.18. The van der Waals surface area contributed by atoms with Crippen molar-refractivity contribution in [3.63, 3.8) is 0 Å². The molecule has 0 radical (unpaired) electrons. The van der Waals surface area contributed by atoms with Gasteiger partial charge >= 0.3 is 0 Å². The Morgan fingerprint density at radius 3 is 2.78 bits per heavy atom. The molecule has 0 unspecified atom stereocenters. The quantitative estimate of drug-likeness (QED) is 0.649. The Morgan fingerprint density at radius 2 is 2.09 bits per heavy atom. The molecule has 0 spiro atoms. The number of benzene rings is 2. The second kappa shape index (κ2) is 7.35. The summed E-state index contributed by atoms with van der Waals surface area (Å²) >= 11 is 12.0. The molecular formula is C16H14Cl2N2O3. The molecule has 2 aromatic rings. The largest absolute Gasteiger partial charge is 0.507 e. The van der Waals surface area contributed by atoms with Gasteiger partial charge in [0.25, 0.3) is 5.91 Å². The van der Waals surface area contributed by atoms with Crippen molar-refractivity contribution in [1.29, 1.82) is 0 Å². The molecule has 1 amide bonds. The van der Waals surface area contributed by atoms with Gasteiger partial charge in [0, 0.05) is 10.6 Å². The Hall–Kier alpha value is -2.24. The van der Waals surface area contributed by atoms with Crippen LogP contribution in [-0.2, 0) is 0 Å². The smallest absolute Gasteiger partial charge is 0.275 e. The highest BCUT2D eigenvalue weighted by atomic mass is 35.5. The number of hydrogen-bond donors (Lipinski definition) is 2. The van der Waals surface area contributed by atoms with Crippen molar-refractivity contribution in [2.24, 2.45) is 5.10 Å². The van der Waals surface area contributed by atoms with Crippen LogP contribution >= 0.6 is 23.2 Å². The van der Waals surface area contributed by atoms with Crippen LogP contribution in [0.4, 0.5) is 0 Å². The van der Waals surface area contributed by atoms with E-state index in [1.54, 1.807) is 31.2 Å². The minimum absolute atomic E-state index is 0.0800. The predicted octanol–water partition coefficient (Wildman–Crippen LogP) is 3.78. The number of amides is 1. The first-order chi connectivity index (χ1) is 10.9. The lowest BCUT2D eigenvalue weighted by molar-refractivity contribution is 0.0952. The third kappa shape index (κ3) is 3.94. The van der Waals surface area contributed by atoms with Gasteiger partial charge < -0.3 is 9.84 Å². The molecule has 0 saturated heterocycles. The van der Waals surface area contributed by atoms with E-state index in [1.165, 1.54) is 19.4 Å². The first kappa shape index (κ1) is 17.1. The molecule has 0 aliphatic carbocycles. The molecule has 2 aromatic carbocycles. The van der Waals surface area contributed by atoms with Gasteiger partial charge in [-0.1, -0.05) is 35.3 Å². The van der Waals surface area contributed by atoms with Gasteiger partial charge in [0.15, 0.2) is 0 Å². The monoisotopic (exact) mass is 352 g/mol. The van der Waals surface area contributed by atoms with Crippen LogP contribution in [0.3, 0.4) is 0 Å². The lowest BCUT2D eigenvalue weighted by Gasteiger charge is -2.08. The van der Waals surface area contributed by atoms with Gasteiger partial charge in [-0.15, -0.1) is 0 Å². The fourth-order valence-corrected chi connectivity index (χ4v) is 2.54. The molecule has 0 atom stereocenters. The molecule has 0 bridgehead atoms. The summed E-state index contributed by atoms with van der Waals surface area (Å²) < 4.78 is 5.17. The van der Waals surface area contributed by atoms with Crippen LogP contribution in [0, 0.1) is 6.92 Å². The topological polar surface area (TPSA) is 70.9 Å². The number of hydrazone groups is 1. The number of rotatable bonds is 4. The van der Waals surface area contributed by atoms with E-state index in [9.17, 15) is 9.90 Å². The zero-order chi connectivity index (χ0) is 17.0. The van der Waals surface area contributed by atoms with Crippen LogP contribution in [0.15, 0.2) is 35.4 Å². The Labute approximate surface area is 143 Å². The summed E-state index contributed by atoms with van der Waals surface area (Å²) in [5, 5.41) is 14.5. The van der Waals surface area contributed by atoms with Crippen LogP contribution in [0.25, 0.3) is 0 Å². The summed E-state index contributed by atoms with van der Waals surface area (Å²) in [6.07, 6.45) is 1.36. The summed E-state index contributed by atoms with van der Waals surface area (Å²) in [6.45, 7) is 1.70. The Balaban J connectivity index is 2.19. The summed E-state index contributed by atoms with van der Waals surface area (Å²) in [5.41, 5.74) is 3.59. The van der Waals surface area contributed by atoms with Crippen LogP contribution in [0.1, 0.15) is 21.5 Å². The number of hydrogen-bond acceptors (Lipinski definition) is 4. The minimum Gasteiger partial charge on any atom is -0.507 e. The molecule has 2 N–H and O–H groups in total. The number of methoxy groups -OCH3 is 1. The maximum Gasteiger partial charge on any atom is 0.275 e. The molecule has 2 rings (SSSR count). The van der Waals surface area contributed by atoms with E-state index < -0.39 is 5.91 Å². The zero-order valence-electron chi connectivity index (χ0n) is 12.4. The van der Waals surface area contributed by atoms with E-state index in [0.717, 1.165) is 0 Å². The maximum absolute atomic E-state index is 12.0. The molecule has 23 heavy (non-hydrogen) atoms. The van der Waals surface area contributed by atoms with Crippen molar-refractivity contribution in [3.05, 3.63) is 57.1 Å². The standard InChI is InChI=1S/C16H14Cl2N2O3/c1-9-4-3-5-12(14(9)21)16(22)20-19-8-10-6-11(17)7-13(18)15(10)23-2/h3-8,21H,1-2H3,(H,20,22)/b19-8+. The average molecular weight is 353 g/mol. The van der Waals surface area contributed by atoms with Gasteiger partial charge in [0.1, 0.15) is 11.5 Å². The van der Waals surface area contributed by atoms with Crippen LogP contribution in [-0.4, -0.2) is 24.3 Å². The number of phenols is 1. The second-order valence-corrected chi connectivity index (χ2v) is 5.52. The molecule has 0 aromatic heterocycles. The van der Waals surface area contributed by atoms with E-state index in [-0.39, 0.29) is 11.3 Å². The van der Waals surface area contributed by atoms with E-state index in [2.05, 4.69) is 10.5 Å². The molecule has 0 aliphatic rings. The fourth-order valence-electron chi connectivity index (χ4n) is 1.95. The highest BCUT2D eigenvalue weighted by Gasteiger charge is 2.12. The minimum atomic E-state index is -0.533. The van der Waals surface area contributed by atoms with Gasteiger partial charge in [0.05, 0.1) is 23.9 Å². The molecule has 5 nitrogen and oxygen atoms in total.